The van der Waals surface area contributed by atoms with Gasteiger partial charge in [-0.2, -0.15) is 0 Å². The molecule has 0 saturated heterocycles. The van der Waals surface area contributed by atoms with E-state index in [1.54, 1.807) is 6.92 Å². The lowest BCUT2D eigenvalue weighted by atomic mass is 10.0. The predicted octanol–water partition coefficient (Wildman–Crippen LogP) is 1.67. The highest BCUT2D eigenvalue weighted by atomic mass is 127. The Labute approximate surface area is 85.9 Å². The molecule has 2 nitrogen and oxygen atoms in total. The van der Waals surface area contributed by atoms with Crippen LogP contribution in [0.1, 0.15) is 18.5 Å². The minimum Gasteiger partial charge on any atom is -0.391 e. The zero-order chi connectivity index (χ0) is 9.14. The number of hydrogen-bond donors (Lipinski definition) is 2. The first-order valence-electron chi connectivity index (χ1n) is 3.81. The Bertz CT molecular complexity index is 262. The monoisotopic (exact) mass is 277 g/mol. The standard InChI is InChI=1S/C9H12INO/c1-6(12)9(11)7-4-2-3-5-8(7)10/h2-6,9,12H,11H2,1H3/t6-,9-/m1/s1. The zero-order valence-corrected chi connectivity index (χ0v) is 9.02. The van der Waals surface area contributed by atoms with Gasteiger partial charge in [0.2, 0.25) is 0 Å². The molecule has 2 atom stereocenters. The fourth-order valence-corrected chi connectivity index (χ4v) is 1.75. The molecule has 3 heteroatoms. The summed E-state index contributed by atoms with van der Waals surface area (Å²) in [5, 5.41) is 9.27. The van der Waals surface area contributed by atoms with E-state index in [0.717, 1.165) is 9.13 Å². The predicted molar refractivity (Wildman–Crippen MR) is 57.8 cm³/mol. The van der Waals surface area contributed by atoms with Crippen LogP contribution in [-0.2, 0) is 0 Å². The van der Waals surface area contributed by atoms with Gasteiger partial charge in [0.1, 0.15) is 0 Å². The van der Waals surface area contributed by atoms with Gasteiger partial charge in [-0.25, -0.2) is 0 Å². The lowest BCUT2D eigenvalue weighted by Crippen LogP contribution is -2.23. The van der Waals surface area contributed by atoms with Crippen molar-refractivity contribution in [2.75, 3.05) is 0 Å². The second-order valence-electron chi connectivity index (χ2n) is 2.79. The number of aliphatic hydroxyl groups is 1. The zero-order valence-electron chi connectivity index (χ0n) is 6.87. The van der Waals surface area contributed by atoms with E-state index in [9.17, 15) is 5.11 Å². The number of aliphatic hydroxyl groups excluding tert-OH is 1. The molecule has 0 unspecified atom stereocenters. The summed E-state index contributed by atoms with van der Waals surface area (Å²) in [6.45, 7) is 1.70. The lowest BCUT2D eigenvalue weighted by Gasteiger charge is -2.16. The van der Waals surface area contributed by atoms with Crippen LogP contribution in [0.25, 0.3) is 0 Å². The van der Waals surface area contributed by atoms with E-state index in [2.05, 4.69) is 22.6 Å². The fourth-order valence-electron chi connectivity index (χ4n) is 1.01. The van der Waals surface area contributed by atoms with Crippen molar-refractivity contribution in [1.82, 2.24) is 0 Å². The van der Waals surface area contributed by atoms with Gasteiger partial charge in [-0.3, -0.25) is 0 Å². The van der Waals surface area contributed by atoms with Crippen molar-refractivity contribution in [2.24, 2.45) is 5.73 Å². The van der Waals surface area contributed by atoms with Crippen molar-refractivity contribution in [2.45, 2.75) is 19.1 Å². The van der Waals surface area contributed by atoms with Crippen LogP contribution >= 0.6 is 22.6 Å². The summed E-state index contributed by atoms with van der Waals surface area (Å²) < 4.78 is 1.10. The molecular formula is C9H12INO. The number of rotatable bonds is 2. The molecule has 12 heavy (non-hydrogen) atoms. The molecule has 1 aromatic carbocycles. The summed E-state index contributed by atoms with van der Waals surface area (Å²) in [6, 6.07) is 7.54. The van der Waals surface area contributed by atoms with Gasteiger partial charge in [0.05, 0.1) is 12.1 Å². The van der Waals surface area contributed by atoms with Crippen LogP contribution in [0.3, 0.4) is 0 Å². The quantitative estimate of drug-likeness (QED) is 0.808. The Kier molecular flexibility index (Phi) is 3.49. The van der Waals surface area contributed by atoms with E-state index >= 15 is 0 Å². The van der Waals surface area contributed by atoms with E-state index in [0.29, 0.717) is 0 Å². The number of benzene rings is 1. The molecule has 0 bridgehead atoms. The molecule has 0 amide bonds. The van der Waals surface area contributed by atoms with Crippen molar-refractivity contribution < 1.29 is 5.11 Å². The molecule has 0 spiro atoms. The molecule has 0 fully saturated rings. The molecule has 0 heterocycles. The van der Waals surface area contributed by atoms with Crippen molar-refractivity contribution in [1.29, 1.82) is 0 Å². The maximum absolute atomic E-state index is 9.27. The van der Waals surface area contributed by atoms with Crippen molar-refractivity contribution >= 4 is 22.6 Å². The number of nitrogens with two attached hydrogens (primary N) is 1. The number of hydrogen-bond acceptors (Lipinski definition) is 2. The first-order chi connectivity index (χ1) is 5.63. The Morgan fingerprint density at radius 2 is 2.00 bits per heavy atom. The SMILES string of the molecule is C[C@@H](O)[C@@H](N)c1ccccc1I. The minimum absolute atomic E-state index is 0.280. The molecule has 3 N–H and O–H groups in total. The number of halogens is 1. The first-order valence-corrected chi connectivity index (χ1v) is 4.89. The summed E-state index contributed by atoms with van der Waals surface area (Å²) in [4.78, 5) is 0. The van der Waals surface area contributed by atoms with E-state index in [4.69, 9.17) is 5.73 Å². The van der Waals surface area contributed by atoms with Crippen LogP contribution in [0, 0.1) is 3.57 Å². The van der Waals surface area contributed by atoms with Gasteiger partial charge in [0, 0.05) is 3.57 Å². The Morgan fingerprint density at radius 1 is 1.42 bits per heavy atom. The average Bonchev–Trinajstić information content (AvgIpc) is 2.04. The molecule has 0 radical (unpaired) electrons. The normalized spacial score (nSPS) is 15.7. The molecule has 0 aromatic heterocycles. The highest BCUT2D eigenvalue weighted by Gasteiger charge is 2.13. The molecular weight excluding hydrogens is 265 g/mol. The summed E-state index contributed by atoms with van der Waals surface area (Å²) in [5.41, 5.74) is 6.79. The Hall–Kier alpha value is -0.130. The highest BCUT2D eigenvalue weighted by molar-refractivity contribution is 14.1. The fraction of sp³-hybridized carbons (Fsp3) is 0.333. The van der Waals surface area contributed by atoms with Gasteiger partial charge >= 0.3 is 0 Å². The summed E-state index contributed by atoms with van der Waals surface area (Å²) in [5.74, 6) is 0. The molecule has 66 valence electrons. The van der Waals surface area contributed by atoms with Crippen LogP contribution in [-0.4, -0.2) is 11.2 Å². The lowest BCUT2D eigenvalue weighted by molar-refractivity contribution is 0.164. The molecule has 1 aromatic rings. The topological polar surface area (TPSA) is 46.2 Å². The van der Waals surface area contributed by atoms with Crippen molar-refractivity contribution in [3.63, 3.8) is 0 Å². The van der Waals surface area contributed by atoms with Crippen LogP contribution in [0.2, 0.25) is 0 Å². The largest absolute Gasteiger partial charge is 0.391 e. The van der Waals surface area contributed by atoms with Gasteiger partial charge in [-0.1, -0.05) is 18.2 Å². The second kappa shape index (κ2) is 4.20. The van der Waals surface area contributed by atoms with Gasteiger partial charge in [0.25, 0.3) is 0 Å². The first kappa shape index (κ1) is 9.95. The Morgan fingerprint density at radius 3 is 2.50 bits per heavy atom. The third-order valence-corrected chi connectivity index (χ3v) is 2.77. The molecule has 0 aliphatic rings. The Balaban J connectivity index is 2.94. The van der Waals surface area contributed by atoms with Crippen molar-refractivity contribution in [3.8, 4) is 0 Å². The van der Waals surface area contributed by atoms with Crippen LogP contribution in [0.15, 0.2) is 24.3 Å². The van der Waals surface area contributed by atoms with E-state index in [-0.39, 0.29) is 6.04 Å². The smallest absolute Gasteiger partial charge is 0.0705 e. The minimum atomic E-state index is -0.499. The van der Waals surface area contributed by atoms with Gasteiger partial charge < -0.3 is 10.8 Å². The molecule has 0 aliphatic carbocycles. The molecule has 0 aliphatic heterocycles. The summed E-state index contributed by atoms with van der Waals surface area (Å²) >= 11 is 2.22. The summed E-state index contributed by atoms with van der Waals surface area (Å²) in [7, 11) is 0. The highest BCUT2D eigenvalue weighted by Crippen LogP contribution is 2.20. The average molecular weight is 277 g/mol. The van der Waals surface area contributed by atoms with Crippen LogP contribution < -0.4 is 5.73 Å². The van der Waals surface area contributed by atoms with Gasteiger partial charge in [-0.15, -0.1) is 0 Å². The molecule has 1 rings (SSSR count). The van der Waals surface area contributed by atoms with E-state index < -0.39 is 6.10 Å². The maximum Gasteiger partial charge on any atom is 0.0705 e. The van der Waals surface area contributed by atoms with Crippen molar-refractivity contribution in [3.05, 3.63) is 33.4 Å². The van der Waals surface area contributed by atoms with Crippen LogP contribution in [0.4, 0.5) is 0 Å². The van der Waals surface area contributed by atoms with E-state index in [1.807, 2.05) is 24.3 Å². The third-order valence-electron chi connectivity index (χ3n) is 1.78. The molecule has 0 saturated carbocycles. The third kappa shape index (κ3) is 2.18. The van der Waals surface area contributed by atoms with Crippen LogP contribution in [0.5, 0.6) is 0 Å². The van der Waals surface area contributed by atoms with Gasteiger partial charge in [0.15, 0.2) is 0 Å². The summed E-state index contributed by atoms with van der Waals surface area (Å²) in [6.07, 6.45) is -0.499. The van der Waals surface area contributed by atoms with Gasteiger partial charge in [-0.05, 0) is 41.1 Å². The second-order valence-corrected chi connectivity index (χ2v) is 3.95. The maximum atomic E-state index is 9.27. The van der Waals surface area contributed by atoms with E-state index in [1.165, 1.54) is 0 Å².